The van der Waals surface area contributed by atoms with Gasteiger partial charge in [0.2, 0.25) is 5.91 Å². The number of hydrogen-bond donors (Lipinski definition) is 0. The summed E-state index contributed by atoms with van der Waals surface area (Å²) in [5.41, 5.74) is 6.45. The predicted octanol–water partition coefficient (Wildman–Crippen LogP) is 5.14. The van der Waals surface area contributed by atoms with E-state index in [1.807, 2.05) is 65.4 Å². The minimum Gasteiger partial charge on any atom is -0.457 e. The van der Waals surface area contributed by atoms with E-state index in [1.165, 1.54) is 6.08 Å². The number of likely N-dealkylation sites (tertiary alicyclic amines) is 1. The molecule has 1 saturated heterocycles. The Morgan fingerprint density at radius 2 is 1.92 bits per heavy atom. The highest BCUT2D eigenvalue weighted by Crippen LogP contribution is 2.46. The Hall–Kier alpha value is -4.53. The van der Waals surface area contributed by atoms with Crippen molar-refractivity contribution in [2.45, 2.75) is 38.8 Å². The number of rotatable bonds is 5. The Labute approximate surface area is 225 Å². The summed E-state index contributed by atoms with van der Waals surface area (Å²) >= 11 is 0. The SMILES string of the molecule is C=CC(=O)N1C[C@H]2C[C@@H](n3nc(-c4ccc(Oc5ccc6c(c5)ncn6C)c(C)c4)c4c(C)ncnc43)[C@@H]1C2. The quantitative estimate of drug-likeness (QED) is 0.299. The molecule has 9 nitrogen and oxygen atoms in total. The van der Waals surface area contributed by atoms with E-state index in [9.17, 15) is 4.79 Å². The fourth-order valence-corrected chi connectivity index (χ4v) is 6.39. The largest absolute Gasteiger partial charge is 0.457 e. The summed E-state index contributed by atoms with van der Waals surface area (Å²) in [6, 6.07) is 12.2. The number of imidazole rings is 1. The first-order valence-corrected chi connectivity index (χ1v) is 13.2. The molecule has 0 radical (unpaired) electrons. The summed E-state index contributed by atoms with van der Waals surface area (Å²) in [6.45, 7) is 8.52. The van der Waals surface area contributed by atoms with Crippen LogP contribution in [0.15, 0.2) is 61.7 Å². The first-order chi connectivity index (χ1) is 18.9. The van der Waals surface area contributed by atoms with Crippen molar-refractivity contribution in [1.29, 1.82) is 0 Å². The fraction of sp³-hybridized carbons (Fsp3) is 0.300. The van der Waals surface area contributed by atoms with Gasteiger partial charge in [0.05, 0.1) is 40.5 Å². The lowest BCUT2D eigenvalue weighted by atomic mass is 10.0. The maximum absolute atomic E-state index is 12.5. The average Bonchev–Trinajstić information content (AvgIpc) is 3.72. The Kier molecular flexibility index (Phi) is 5.30. The van der Waals surface area contributed by atoms with Crippen LogP contribution in [0.1, 0.15) is 30.1 Å². The third-order valence-electron chi connectivity index (χ3n) is 8.27. The van der Waals surface area contributed by atoms with Crippen molar-refractivity contribution in [3.8, 4) is 22.8 Å². The molecule has 39 heavy (non-hydrogen) atoms. The number of ether oxygens (including phenoxy) is 1. The molecule has 0 spiro atoms. The molecule has 5 aromatic rings. The van der Waals surface area contributed by atoms with Crippen LogP contribution in [-0.4, -0.2) is 52.7 Å². The second-order valence-electron chi connectivity index (χ2n) is 10.7. The van der Waals surface area contributed by atoms with E-state index in [4.69, 9.17) is 9.84 Å². The van der Waals surface area contributed by atoms with Crippen molar-refractivity contribution in [2.75, 3.05) is 6.54 Å². The van der Waals surface area contributed by atoms with Gasteiger partial charge in [-0.3, -0.25) is 4.79 Å². The van der Waals surface area contributed by atoms with Crippen LogP contribution in [0.4, 0.5) is 0 Å². The number of benzene rings is 2. The monoisotopic (exact) mass is 519 g/mol. The van der Waals surface area contributed by atoms with Crippen LogP contribution in [0.2, 0.25) is 0 Å². The summed E-state index contributed by atoms with van der Waals surface area (Å²) in [5.74, 6) is 1.98. The smallest absolute Gasteiger partial charge is 0.246 e. The van der Waals surface area contributed by atoms with Crippen LogP contribution in [0.5, 0.6) is 11.5 Å². The highest BCUT2D eigenvalue weighted by Gasteiger charge is 2.48. The molecule has 3 aromatic heterocycles. The maximum atomic E-state index is 12.5. The molecule has 1 amide bonds. The highest BCUT2D eigenvalue weighted by atomic mass is 16.5. The van der Waals surface area contributed by atoms with Crippen molar-refractivity contribution >= 4 is 28.0 Å². The first-order valence-electron chi connectivity index (χ1n) is 13.2. The summed E-state index contributed by atoms with van der Waals surface area (Å²) < 4.78 is 10.3. The molecule has 7 rings (SSSR count). The molecule has 9 heteroatoms. The molecular weight excluding hydrogens is 490 g/mol. The van der Waals surface area contributed by atoms with Gasteiger partial charge < -0.3 is 14.2 Å². The van der Waals surface area contributed by atoms with Crippen LogP contribution in [-0.2, 0) is 11.8 Å². The molecule has 2 aromatic carbocycles. The maximum Gasteiger partial charge on any atom is 0.246 e. The van der Waals surface area contributed by atoms with E-state index in [0.717, 1.165) is 75.5 Å². The summed E-state index contributed by atoms with van der Waals surface area (Å²) in [4.78, 5) is 28.1. The lowest BCUT2D eigenvalue weighted by Gasteiger charge is -2.32. The molecule has 0 N–H and O–H groups in total. The standard InChI is InChI=1S/C30H29N7O2/c1-5-27(38)36-14-19-11-24(36)25(12-19)37-30-28(18(3)31-15-32-30)29(34-37)20-6-9-26(17(2)10-20)39-21-7-8-23-22(13-21)33-16-35(23)4/h5-10,13,15-16,19,24-25H,1,11-12,14H2,2-4H3/t19-,24+,25-/m1/s1. The Morgan fingerprint density at radius 1 is 1.08 bits per heavy atom. The molecule has 1 saturated carbocycles. The number of fused-ring (bicyclic) bond motifs is 4. The molecule has 3 atom stereocenters. The van der Waals surface area contributed by atoms with Crippen molar-refractivity contribution in [3.63, 3.8) is 0 Å². The summed E-state index contributed by atoms with van der Waals surface area (Å²) in [7, 11) is 1.98. The number of nitrogens with zero attached hydrogens (tertiary/aromatic N) is 7. The van der Waals surface area contributed by atoms with Gasteiger partial charge in [-0.25, -0.2) is 19.6 Å². The second kappa shape index (κ2) is 8.76. The second-order valence-corrected chi connectivity index (χ2v) is 10.7. The minimum absolute atomic E-state index is 0.0110. The predicted molar refractivity (Wildman–Crippen MR) is 148 cm³/mol. The average molecular weight is 520 g/mol. The van der Waals surface area contributed by atoms with Crippen molar-refractivity contribution < 1.29 is 9.53 Å². The summed E-state index contributed by atoms with van der Waals surface area (Å²) in [6.07, 6.45) is 6.78. The van der Waals surface area contributed by atoms with Crippen molar-refractivity contribution in [3.05, 3.63) is 73.0 Å². The van der Waals surface area contributed by atoms with Crippen molar-refractivity contribution in [1.82, 2.24) is 34.2 Å². The Bertz CT molecular complexity index is 1790. The molecule has 2 bridgehead atoms. The van der Waals surface area contributed by atoms with E-state index in [1.54, 1.807) is 12.7 Å². The number of piperidine rings is 1. The topological polar surface area (TPSA) is 91.0 Å². The molecule has 0 unspecified atom stereocenters. The third kappa shape index (κ3) is 3.71. The van der Waals surface area contributed by atoms with E-state index in [2.05, 4.69) is 27.6 Å². The van der Waals surface area contributed by atoms with Gasteiger partial charge in [0, 0.05) is 25.2 Å². The van der Waals surface area contributed by atoms with Gasteiger partial charge in [-0.15, -0.1) is 0 Å². The van der Waals surface area contributed by atoms with E-state index in [0.29, 0.717) is 5.92 Å². The van der Waals surface area contributed by atoms with Gasteiger partial charge >= 0.3 is 0 Å². The van der Waals surface area contributed by atoms with E-state index < -0.39 is 0 Å². The molecule has 4 heterocycles. The molecule has 2 fully saturated rings. The molecule has 196 valence electrons. The third-order valence-corrected chi connectivity index (χ3v) is 8.27. The molecule has 1 aliphatic carbocycles. The lowest BCUT2D eigenvalue weighted by Crippen LogP contribution is -2.42. The van der Waals surface area contributed by atoms with Crippen LogP contribution in [0, 0.1) is 19.8 Å². The number of hydrogen-bond acceptors (Lipinski definition) is 6. The number of aromatic nitrogens is 6. The molecule has 2 aliphatic rings. The normalized spacial score (nSPS) is 20.3. The van der Waals surface area contributed by atoms with Crippen molar-refractivity contribution in [2.24, 2.45) is 13.0 Å². The van der Waals surface area contributed by atoms with Gasteiger partial charge in [0.1, 0.15) is 23.5 Å². The zero-order valence-corrected chi connectivity index (χ0v) is 22.2. The van der Waals surface area contributed by atoms with E-state index in [-0.39, 0.29) is 18.0 Å². The number of carbonyl (C=O) groups excluding carboxylic acids is 1. The van der Waals surface area contributed by atoms with Gasteiger partial charge in [0.25, 0.3) is 0 Å². The fourth-order valence-electron chi connectivity index (χ4n) is 6.39. The van der Waals surface area contributed by atoms with Gasteiger partial charge in [0.15, 0.2) is 5.65 Å². The van der Waals surface area contributed by atoms with Crippen LogP contribution in [0.25, 0.3) is 33.3 Å². The molecule has 1 aliphatic heterocycles. The van der Waals surface area contributed by atoms with Gasteiger partial charge in [-0.2, -0.15) is 5.10 Å². The zero-order valence-electron chi connectivity index (χ0n) is 22.2. The van der Waals surface area contributed by atoms with Crippen LogP contribution in [0.3, 0.4) is 0 Å². The van der Waals surface area contributed by atoms with E-state index >= 15 is 0 Å². The van der Waals surface area contributed by atoms with Gasteiger partial charge in [-0.05, 0) is 74.6 Å². The Morgan fingerprint density at radius 3 is 2.72 bits per heavy atom. The minimum atomic E-state index is -0.0110. The number of carbonyl (C=O) groups is 1. The first kappa shape index (κ1) is 23.6. The number of aryl methyl sites for hydroxylation is 3. The lowest BCUT2D eigenvalue weighted by molar-refractivity contribution is -0.128. The number of amides is 1. The molecular formula is C30H29N7O2. The van der Waals surface area contributed by atoms with Crippen LogP contribution >= 0.6 is 0 Å². The van der Waals surface area contributed by atoms with Gasteiger partial charge in [-0.1, -0.05) is 6.58 Å². The zero-order chi connectivity index (χ0) is 26.8. The highest BCUT2D eigenvalue weighted by molar-refractivity contribution is 5.93. The summed E-state index contributed by atoms with van der Waals surface area (Å²) in [5, 5.41) is 6.07. The van der Waals surface area contributed by atoms with Crippen LogP contribution < -0.4 is 4.74 Å². The Balaban J connectivity index is 1.25.